The van der Waals surface area contributed by atoms with E-state index in [0.717, 1.165) is 22.0 Å². The van der Waals surface area contributed by atoms with Gasteiger partial charge in [-0.05, 0) is 30.7 Å². The molecule has 0 saturated heterocycles. The molecule has 4 nitrogen and oxygen atoms in total. The molecule has 1 aromatic carbocycles. The maximum absolute atomic E-state index is 12.4. The Kier molecular flexibility index (Phi) is 3.36. The number of aromatic nitrogens is 2. The number of aryl methyl sites for hydroxylation is 1. The fourth-order valence-electron chi connectivity index (χ4n) is 2.34. The molecule has 0 unspecified atom stereocenters. The molecule has 0 radical (unpaired) electrons. The van der Waals surface area contributed by atoms with Gasteiger partial charge in [-0.15, -0.1) is 0 Å². The molecule has 2 heterocycles. The van der Waals surface area contributed by atoms with E-state index in [-0.39, 0.29) is 12.2 Å². The number of para-hydroxylation sites is 1. The number of carbonyl (C=O) groups excluding carboxylic acids is 1. The topological polar surface area (TPSA) is 68.9 Å². The molecule has 0 saturated carbocycles. The van der Waals surface area contributed by atoms with Gasteiger partial charge in [-0.25, -0.2) is 4.98 Å². The van der Waals surface area contributed by atoms with Crippen LogP contribution in [0.15, 0.2) is 48.8 Å². The molecule has 3 rings (SSSR count). The normalized spacial score (nSPS) is 10.7. The van der Waals surface area contributed by atoms with Crippen molar-refractivity contribution < 1.29 is 4.79 Å². The first kappa shape index (κ1) is 13.2. The minimum atomic E-state index is -0.0523. The lowest BCUT2D eigenvalue weighted by molar-refractivity contribution is 0.0988. The Hall–Kier alpha value is -2.75. The van der Waals surface area contributed by atoms with E-state index >= 15 is 0 Å². The first-order valence-electron chi connectivity index (χ1n) is 6.73. The molecule has 104 valence electrons. The number of nitrogen functional groups attached to an aromatic ring is 1. The lowest BCUT2D eigenvalue weighted by Gasteiger charge is -2.07. The number of nitrogens with two attached hydrogens (primary N) is 1. The van der Waals surface area contributed by atoms with Crippen LogP contribution in [0.3, 0.4) is 0 Å². The van der Waals surface area contributed by atoms with E-state index < -0.39 is 0 Å². The molecule has 2 N–H and O–H groups in total. The van der Waals surface area contributed by atoms with Gasteiger partial charge in [-0.3, -0.25) is 9.78 Å². The summed E-state index contributed by atoms with van der Waals surface area (Å²) in [6.45, 7) is 1.99. The van der Waals surface area contributed by atoms with Crippen molar-refractivity contribution in [3.63, 3.8) is 0 Å². The number of carbonyl (C=O) groups is 1. The molecule has 0 amide bonds. The lowest BCUT2D eigenvalue weighted by atomic mass is 10.0. The predicted molar refractivity (Wildman–Crippen MR) is 83.2 cm³/mol. The van der Waals surface area contributed by atoms with Crippen LogP contribution < -0.4 is 5.73 Å². The van der Waals surface area contributed by atoms with Crippen molar-refractivity contribution in [3.05, 3.63) is 65.6 Å². The number of anilines is 1. The number of pyridine rings is 2. The van der Waals surface area contributed by atoms with Crippen molar-refractivity contribution in [1.82, 2.24) is 9.97 Å². The zero-order valence-electron chi connectivity index (χ0n) is 11.7. The molecule has 2 aromatic heterocycles. The smallest absolute Gasteiger partial charge is 0.185 e. The number of rotatable bonds is 3. The van der Waals surface area contributed by atoms with Gasteiger partial charge in [0.2, 0.25) is 0 Å². The first-order chi connectivity index (χ1) is 10.1. The van der Waals surface area contributed by atoms with Crippen LogP contribution in [0.2, 0.25) is 0 Å². The number of nitrogens with zero attached hydrogens (tertiary/aromatic N) is 2. The van der Waals surface area contributed by atoms with Crippen LogP contribution in [0, 0.1) is 6.92 Å². The van der Waals surface area contributed by atoms with Gasteiger partial charge in [0.15, 0.2) is 5.78 Å². The van der Waals surface area contributed by atoms with E-state index in [1.54, 1.807) is 18.5 Å². The molecule has 21 heavy (non-hydrogen) atoms. The average Bonchev–Trinajstić information content (AvgIpc) is 2.49. The molecule has 0 fully saturated rings. The molecular formula is C17H15N3O. The molecule has 0 bridgehead atoms. The van der Waals surface area contributed by atoms with Crippen LogP contribution in [0.25, 0.3) is 10.9 Å². The maximum Gasteiger partial charge on any atom is 0.185 e. The maximum atomic E-state index is 12.4. The lowest BCUT2D eigenvalue weighted by Crippen LogP contribution is -2.08. The Morgan fingerprint density at radius 1 is 1.24 bits per heavy atom. The summed E-state index contributed by atoms with van der Waals surface area (Å²) < 4.78 is 0. The van der Waals surface area contributed by atoms with Crippen LogP contribution in [0.5, 0.6) is 0 Å². The average molecular weight is 277 g/mol. The monoisotopic (exact) mass is 277 g/mol. The Morgan fingerprint density at radius 3 is 2.86 bits per heavy atom. The third kappa shape index (κ3) is 2.60. The van der Waals surface area contributed by atoms with Gasteiger partial charge in [0.25, 0.3) is 0 Å². The summed E-state index contributed by atoms with van der Waals surface area (Å²) in [5.74, 6) is -0.0523. The SMILES string of the molecule is Cc1cc(C(=O)Cc2cnccc2N)nc2ccccc12. The van der Waals surface area contributed by atoms with E-state index in [2.05, 4.69) is 9.97 Å². The Morgan fingerprint density at radius 2 is 2.05 bits per heavy atom. The largest absolute Gasteiger partial charge is 0.398 e. The van der Waals surface area contributed by atoms with E-state index in [0.29, 0.717) is 11.4 Å². The Bertz CT molecular complexity index is 827. The summed E-state index contributed by atoms with van der Waals surface area (Å²) in [7, 11) is 0. The number of hydrogen-bond acceptors (Lipinski definition) is 4. The number of Topliss-reactive ketones (excluding diaryl/α,β-unsaturated/α-hetero) is 1. The van der Waals surface area contributed by atoms with E-state index in [1.807, 2.05) is 37.3 Å². The Labute approximate surface area is 122 Å². The van der Waals surface area contributed by atoms with Crippen LogP contribution in [-0.2, 0) is 6.42 Å². The summed E-state index contributed by atoms with van der Waals surface area (Å²) in [6.07, 6.45) is 3.45. The summed E-state index contributed by atoms with van der Waals surface area (Å²) in [4.78, 5) is 20.9. The van der Waals surface area contributed by atoms with Crippen molar-refractivity contribution >= 4 is 22.4 Å². The minimum absolute atomic E-state index is 0.0523. The fraction of sp³-hybridized carbons (Fsp3) is 0.118. The first-order valence-corrected chi connectivity index (χ1v) is 6.73. The fourth-order valence-corrected chi connectivity index (χ4v) is 2.34. The highest BCUT2D eigenvalue weighted by Gasteiger charge is 2.12. The van der Waals surface area contributed by atoms with E-state index in [4.69, 9.17) is 5.73 Å². The number of fused-ring (bicyclic) bond motifs is 1. The van der Waals surface area contributed by atoms with Gasteiger partial charge in [-0.2, -0.15) is 0 Å². The van der Waals surface area contributed by atoms with Gasteiger partial charge in [0.1, 0.15) is 5.69 Å². The quantitative estimate of drug-likeness (QED) is 0.747. The summed E-state index contributed by atoms with van der Waals surface area (Å²) in [5, 5.41) is 1.06. The zero-order valence-corrected chi connectivity index (χ0v) is 11.7. The van der Waals surface area contributed by atoms with Crippen LogP contribution >= 0.6 is 0 Å². The standard InChI is InChI=1S/C17H15N3O/c1-11-8-16(20-15-5-3-2-4-13(11)15)17(21)9-12-10-19-7-6-14(12)18/h2-8,10H,9H2,1H3,(H2,18,19). The van der Waals surface area contributed by atoms with Gasteiger partial charge in [0, 0.05) is 35.5 Å². The van der Waals surface area contributed by atoms with Crippen molar-refractivity contribution in [3.8, 4) is 0 Å². The van der Waals surface area contributed by atoms with Gasteiger partial charge in [0.05, 0.1) is 5.52 Å². The van der Waals surface area contributed by atoms with Gasteiger partial charge >= 0.3 is 0 Å². The van der Waals surface area contributed by atoms with Crippen molar-refractivity contribution in [2.45, 2.75) is 13.3 Å². The number of benzene rings is 1. The second kappa shape index (κ2) is 5.32. The molecule has 0 atom stereocenters. The minimum Gasteiger partial charge on any atom is -0.398 e. The molecular weight excluding hydrogens is 262 g/mol. The molecule has 0 spiro atoms. The van der Waals surface area contributed by atoms with Gasteiger partial charge in [-0.1, -0.05) is 18.2 Å². The van der Waals surface area contributed by atoms with Crippen molar-refractivity contribution in [2.75, 3.05) is 5.73 Å². The van der Waals surface area contributed by atoms with Crippen LogP contribution in [-0.4, -0.2) is 15.8 Å². The van der Waals surface area contributed by atoms with Crippen molar-refractivity contribution in [2.24, 2.45) is 0 Å². The van der Waals surface area contributed by atoms with Crippen LogP contribution in [0.4, 0.5) is 5.69 Å². The molecule has 3 aromatic rings. The summed E-state index contributed by atoms with van der Waals surface area (Å²) in [5.41, 5.74) is 9.51. The second-order valence-corrected chi connectivity index (χ2v) is 5.02. The van der Waals surface area contributed by atoms with E-state index in [1.165, 1.54) is 0 Å². The van der Waals surface area contributed by atoms with E-state index in [9.17, 15) is 4.79 Å². The molecule has 0 aliphatic carbocycles. The highest BCUT2D eigenvalue weighted by molar-refractivity contribution is 5.99. The van der Waals surface area contributed by atoms with Gasteiger partial charge < -0.3 is 5.73 Å². The van der Waals surface area contributed by atoms with Crippen molar-refractivity contribution in [1.29, 1.82) is 0 Å². The van der Waals surface area contributed by atoms with Crippen LogP contribution in [0.1, 0.15) is 21.6 Å². The summed E-state index contributed by atoms with van der Waals surface area (Å²) in [6, 6.07) is 11.3. The highest BCUT2D eigenvalue weighted by Crippen LogP contribution is 2.19. The predicted octanol–water partition coefficient (Wildman–Crippen LogP) is 2.95. The number of hydrogen-bond donors (Lipinski definition) is 1. The third-order valence-corrected chi connectivity index (χ3v) is 3.50. The molecule has 0 aliphatic rings. The zero-order chi connectivity index (χ0) is 14.8. The highest BCUT2D eigenvalue weighted by atomic mass is 16.1. The molecule has 4 heteroatoms. The summed E-state index contributed by atoms with van der Waals surface area (Å²) >= 11 is 0. The Balaban J connectivity index is 1.97. The third-order valence-electron chi connectivity index (χ3n) is 3.50. The molecule has 0 aliphatic heterocycles. The number of ketones is 1. The second-order valence-electron chi connectivity index (χ2n) is 5.02.